The lowest BCUT2D eigenvalue weighted by molar-refractivity contribution is 0.309. The Labute approximate surface area is 114 Å². The summed E-state index contributed by atoms with van der Waals surface area (Å²) < 4.78 is 25.7. The van der Waals surface area contributed by atoms with Gasteiger partial charge in [0.05, 0.1) is 5.75 Å². The maximum Gasteiger partial charge on any atom is 0.214 e. The van der Waals surface area contributed by atoms with Crippen molar-refractivity contribution in [3.05, 3.63) is 18.1 Å². The van der Waals surface area contributed by atoms with E-state index in [9.17, 15) is 8.42 Å². The van der Waals surface area contributed by atoms with E-state index in [2.05, 4.69) is 9.97 Å². The molecule has 2 heterocycles. The van der Waals surface area contributed by atoms with E-state index in [0.29, 0.717) is 31.2 Å². The second-order valence-corrected chi connectivity index (χ2v) is 6.94. The van der Waals surface area contributed by atoms with Crippen molar-refractivity contribution in [3.63, 3.8) is 0 Å². The first-order valence-corrected chi connectivity index (χ1v) is 8.20. The molecule has 0 aromatic carbocycles. The zero-order valence-corrected chi connectivity index (χ0v) is 11.9. The largest absolute Gasteiger partial charge is 0.384 e. The first-order chi connectivity index (χ1) is 9.03. The Bertz CT molecular complexity index is 532. The number of piperidine rings is 1. The lowest BCUT2D eigenvalue weighted by Crippen LogP contribution is -2.40. The Hall–Kier alpha value is -1.21. The average Bonchev–Trinajstić information content (AvgIpc) is 2.39. The van der Waals surface area contributed by atoms with Gasteiger partial charge in [-0.05, 0) is 25.3 Å². The molecule has 106 valence electrons. The van der Waals surface area contributed by atoms with E-state index in [1.54, 1.807) is 16.6 Å². The van der Waals surface area contributed by atoms with E-state index in [1.807, 2.05) is 6.92 Å². The molecule has 1 atom stereocenters. The summed E-state index contributed by atoms with van der Waals surface area (Å²) in [6.45, 7) is 2.94. The van der Waals surface area contributed by atoms with Gasteiger partial charge in [-0.25, -0.2) is 22.7 Å². The molecule has 0 saturated carbocycles. The molecule has 7 heteroatoms. The molecule has 1 aliphatic heterocycles. The van der Waals surface area contributed by atoms with Crippen LogP contribution < -0.4 is 5.73 Å². The molecule has 0 bridgehead atoms. The van der Waals surface area contributed by atoms with Crippen LogP contribution in [0.1, 0.15) is 37.9 Å². The van der Waals surface area contributed by atoms with Crippen LogP contribution in [0.5, 0.6) is 0 Å². The lowest BCUT2D eigenvalue weighted by Gasteiger charge is -2.31. The molecule has 19 heavy (non-hydrogen) atoms. The first kappa shape index (κ1) is 14.2. The van der Waals surface area contributed by atoms with Crippen LogP contribution in [-0.4, -0.2) is 41.5 Å². The number of nitrogen functional groups attached to an aromatic ring is 1. The number of hydrogen-bond acceptors (Lipinski definition) is 5. The number of nitrogens with zero attached hydrogens (tertiary/aromatic N) is 3. The number of hydrogen-bond donors (Lipinski definition) is 1. The van der Waals surface area contributed by atoms with Gasteiger partial charge >= 0.3 is 0 Å². The molecule has 0 radical (unpaired) electrons. The van der Waals surface area contributed by atoms with Crippen LogP contribution in [0.3, 0.4) is 0 Å². The monoisotopic (exact) mass is 284 g/mol. The average molecular weight is 284 g/mol. The minimum Gasteiger partial charge on any atom is -0.384 e. The molecule has 1 aliphatic rings. The van der Waals surface area contributed by atoms with E-state index in [0.717, 1.165) is 12.8 Å². The van der Waals surface area contributed by atoms with Crippen molar-refractivity contribution in [2.24, 2.45) is 0 Å². The highest BCUT2D eigenvalue weighted by Crippen LogP contribution is 2.26. The molecule has 2 rings (SSSR count). The van der Waals surface area contributed by atoms with Gasteiger partial charge in [-0.1, -0.05) is 6.92 Å². The molecule has 2 N–H and O–H groups in total. The van der Waals surface area contributed by atoms with Crippen molar-refractivity contribution >= 4 is 15.8 Å². The summed E-state index contributed by atoms with van der Waals surface area (Å²) in [4.78, 5) is 8.42. The van der Waals surface area contributed by atoms with Gasteiger partial charge in [0.15, 0.2) is 0 Å². The number of sulfonamides is 1. The maximum absolute atomic E-state index is 12.1. The van der Waals surface area contributed by atoms with E-state index < -0.39 is 10.0 Å². The Morgan fingerprint density at radius 1 is 1.53 bits per heavy atom. The lowest BCUT2D eigenvalue weighted by atomic mass is 9.99. The third kappa shape index (κ3) is 3.42. The highest BCUT2D eigenvalue weighted by atomic mass is 32.2. The topological polar surface area (TPSA) is 89.2 Å². The summed E-state index contributed by atoms with van der Waals surface area (Å²) in [5, 5.41) is 0. The molecular formula is C12H20N4O2S. The van der Waals surface area contributed by atoms with Crippen molar-refractivity contribution in [1.82, 2.24) is 14.3 Å². The molecule has 1 fully saturated rings. The Kier molecular flexibility index (Phi) is 4.36. The molecule has 0 amide bonds. The first-order valence-electron chi connectivity index (χ1n) is 6.59. The summed E-state index contributed by atoms with van der Waals surface area (Å²) >= 11 is 0. The fraction of sp³-hybridized carbons (Fsp3) is 0.667. The van der Waals surface area contributed by atoms with Crippen LogP contribution in [0.25, 0.3) is 0 Å². The van der Waals surface area contributed by atoms with Crippen LogP contribution in [-0.2, 0) is 10.0 Å². The van der Waals surface area contributed by atoms with E-state index in [1.165, 1.54) is 0 Å². The summed E-state index contributed by atoms with van der Waals surface area (Å²) in [7, 11) is -3.14. The third-order valence-corrected chi connectivity index (χ3v) is 5.34. The summed E-state index contributed by atoms with van der Waals surface area (Å²) in [5.74, 6) is 1.33. The highest BCUT2D eigenvalue weighted by molar-refractivity contribution is 7.89. The van der Waals surface area contributed by atoms with Crippen molar-refractivity contribution in [1.29, 1.82) is 0 Å². The van der Waals surface area contributed by atoms with Crippen LogP contribution in [0, 0.1) is 0 Å². The van der Waals surface area contributed by atoms with Gasteiger partial charge in [0.25, 0.3) is 0 Å². The minimum absolute atomic E-state index is 0.0453. The standard InChI is InChI=1S/C12H20N4O2S/c1-2-8-19(17,18)16-7-3-4-10(9-16)12-14-6-5-11(13)15-12/h5-6,10H,2-4,7-9H2,1H3,(H2,13,14,15). The summed E-state index contributed by atoms with van der Waals surface area (Å²) in [6.07, 6.45) is 4.00. The third-order valence-electron chi connectivity index (χ3n) is 3.30. The zero-order chi connectivity index (χ0) is 13.9. The van der Waals surface area contributed by atoms with Crippen LogP contribution in [0.4, 0.5) is 5.82 Å². The predicted molar refractivity (Wildman–Crippen MR) is 74.1 cm³/mol. The SMILES string of the molecule is CCCS(=O)(=O)N1CCCC(c2nccc(N)n2)C1. The highest BCUT2D eigenvalue weighted by Gasteiger charge is 2.30. The second-order valence-electron chi connectivity index (χ2n) is 4.85. The van der Waals surface area contributed by atoms with E-state index >= 15 is 0 Å². The van der Waals surface area contributed by atoms with Gasteiger partial charge in [-0.3, -0.25) is 0 Å². The van der Waals surface area contributed by atoms with Gasteiger partial charge in [0, 0.05) is 25.2 Å². The Balaban J connectivity index is 2.13. The van der Waals surface area contributed by atoms with Gasteiger partial charge in [-0.15, -0.1) is 0 Å². The molecule has 6 nitrogen and oxygen atoms in total. The molecule has 1 aromatic heterocycles. The van der Waals surface area contributed by atoms with Crippen LogP contribution in [0.2, 0.25) is 0 Å². The Morgan fingerprint density at radius 2 is 2.32 bits per heavy atom. The molecule has 1 unspecified atom stereocenters. The molecule has 1 saturated heterocycles. The van der Waals surface area contributed by atoms with Gasteiger partial charge in [0.2, 0.25) is 10.0 Å². The summed E-state index contributed by atoms with van der Waals surface area (Å²) in [5.41, 5.74) is 5.65. The number of aromatic nitrogens is 2. The smallest absolute Gasteiger partial charge is 0.214 e. The minimum atomic E-state index is -3.14. The molecular weight excluding hydrogens is 264 g/mol. The van der Waals surface area contributed by atoms with Gasteiger partial charge < -0.3 is 5.73 Å². The predicted octanol–water partition coefficient (Wildman–Crippen LogP) is 0.978. The van der Waals surface area contributed by atoms with Crippen molar-refractivity contribution < 1.29 is 8.42 Å². The maximum atomic E-state index is 12.1. The number of anilines is 1. The Morgan fingerprint density at radius 3 is 3.00 bits per heavy atom. The molecule has 0 spiro atoms. The van der Waals surface area contributed by atoms with Crippen LogP contribution >= 0.6 is 0 Å². The van der Waals surface area contributed by atoms with Gasteiger partial charge in [-0.2, -0.15) is 0 Å². The fourth-order valence-corrected chi connectivity index (χ4v) is 3.97. The molecule has 1 aromatic rings. The summed E-state index contributed by atoms with van der Waals surface area (Å²) in [6, 6.07) is 1.64. The van der Waals surface area contributed by atoms with Crippen molar-refractivity contribution in [2.75, 3.05) is 24.6 Å². The van der Waals surface area contributed by atoms with E-state index in [-0.39, 0.29) is 11.7 Å². The van der Waals surface area contributed by atoms with Crippen molar-refractivity contribution in [3.8, 4) is 0 Å². The second kappa shape index (κ2) is 5.83. The number of nitrogens with two attached hydrogens (primary N) is 1. The van der Waals surface area contributed by atoms with E-state index in [4.69, 9.17) is 5.73 Å². The fourth-order valence-electron chi connectivity index (χ4n) is 2.38. The number of rotatable bonds is 4. The van der Waals surface area contributed by atoms with Crippen LogP contribution in [0.15, 0.2) is 12.3 Å². The zero-order valence-electron chi connectivity index (χ0n) is 11.1. The van der Waals surface area contributed by atoms with Gasteiger partial charge in [0.1, 0.15) is 11.6 Å². The normalized spacial score (nSPS) is 21.4. The quantitative estimate of drug-likeness (QED) is 0.890. The molecule has 0 aliphatic carbocycles. The van der Waals surface area contributed by atoms with Crippen molar-refractivity contribution in [2.45, 2.75) is 32.1 Å².